The van der Waals surface area contributed by atoms with Crippen LogP contribution in [-0.4, -0.2) is 10.6 Å². The van der Waals surface area contributed by atoms with Crippen LogP contribution in [-0.2, 0) is 0 Å². The fourth-order valence-electron chi connectivity index (χ4n) is 0.561. The van der Waals surface area contributed by atoms with Crippen LogP contribution in [0.15, 0.2) is 22.1 Å². The van der Waals surface area contributed by atoms with Crippen LogP contribution in [0.5, 0.6) is 0 Å². The van der Waals surface area contributed by atoms with Gasteiger partial charge in [0, 0.05) is 4.48 Å². The Morgan fingerprint density at radius 1 is 1.80 bits per heavy atom. The Hall–Kier alpha value is -0.350. The van der Waals surface area contributed by atoms with Crippen molar-refractivity contribution >= 4 is 27.5 Å². The summed E-state index contributed by atoms with van der Waals surface area (Å²) < 4.78 is 0.667. The quantitative estimate of drug-likeness (QED) is 0.428. The molecule has 1 atom stereocenters. The number of hydrogen-bond donors (Lipinski definition) is 3. The highest BCUT2D eigenvalue weighted by molar-refractivity contribution is 9.11. The molecule has 0 aliphatic carbocycles. The zero-order chi connectivity index (χ0) is 7.72. The number of dihydropyridines is 1. The predicted molar refractivity (Wildman–Crippen MR) is 43.6 cm³/mol. The summed E-state index contributed by atoms with van der Waals surface area (Å²) in [5, 5.41) is 11.6. The van der Waals surface area contributed by atoms with Crippen molar-refractivity contribution in [2.24, 2.45) is 5.73 Å². The molecule has 0 aromatic rings. The predicted octanol–water partition coefficient (Wildman–Crippen LogP) is 1.12. The maximum Gasteiger partial charge on any atom is 0.156 e. The third-order valence-electron chi connectivity index (χ3n) is 1.07. The van der Waals surface area contributed by atoms with Crippen LogP contribution >= 0.6 is 27.5 Å². The lowest BCUT2D eigenvalue weighted by Crippen LogP contribution is -2.32. The van der Waals surface area contributed by atoms with Crippen LogP contribution in [0.2, 0.25) is 0 Å². The van der Waals surface area contributed by atoms with Gasteiger partial charge in [0.25, 0.3) is 0 Å². The molecule has 1 rings (SSSR count). The average Bonchev–Trinajstić information content (AvgIpc) is 1.84. The third kappa shape index (κ3) is 1.38. The molecule has 0 bridgehead atoms. The van der Waals surface area contributed by atoms with Crippen molar-refractivity contribution in [2.75, 3.05) is 0 Å². The number of nitrogens with one attached hydrogen (secondary N) is 1. The molecule has 0 saturated carbocycles. The van der Waals surface area contributed by atoms with Gasteiger partial charge < -0.3 is 16.2 Å². The summed E-state index contributed by atoms with van der Waals surface area (Å²) in [5.74, 6) is 0.201. The van der Waals surface area contributed by atoms with Crippen molar-refractivity contribution < 1.29 is 5.11 Å². The van der Waals surface area contributed by atoms with E-state index in [1.807, 2.05) is 0 Å². The van der Waals surface area contributed by atoms with Crippen LogP contribution in [0.1, 0.15) is 0 Å². The third-order valence-corrected chi connectivity index (χ3v) is 2.37. The molecule has 1 unspecified atom stereocenters. The zero-order valence-electron chi connectivity index (χ0n) is 4.94. The molecule has 0 amide bonds. The Labute approximate surface area is 71.7 Å². The summed E-state index contributed by atoms with van der Waals surface area (Å²) in [6.07, 6.45) is 1.46. The molecule has 56 valence electrons. The first-order valence-corrected chi connectivity index (χ1v) is 3.80. The first-order valence-electron chi connectivity index (χ1n) is 2.57. The molecule has 4 N–H and O–H groups in total. The standard InChI is InChI=1S/C5H6BrClN2O/c6-2-1-3(10)5(8)9-4(2)7/h1,4,9-10H,8H2. The van der Waals surface area contributed by atoms with Crippen LogP contribution in [0, 0.1) is 0 Å². The van der Waals surface area contributed by atoms with Crippen molar-refractivity contribution in [1.82, 2.24) is 5.32 Å². The second-order valence-corrected chi connectivity index (χ2v) is 3.19. The van der Waals surface area contributed by atoms with Crippen LogP contribution in [0.25, 0.3) is 0 Å². The number of allylic oxidation sites excluding steroid dienone is 1. The number of aliphatic hydroxyl groups excluding tert-OH is 1. The van der Waals surface area contributed by atoms with E-state index in [1.165, 1.54) is 6.08 Å². The monoisotopic (exact) mass is 224 g/mol. The average molecular weight is 225 g/mol. The molecule has 0 aromatic heterocycles. The van der Waals surface area contributed by atoms with E-state index in [4.69, 9.17) is 22.4 Å². The highest BCUT2D eigenvalue weighted by atomic mass is 79.9. The minimum Gasteiger partial charge on any atom is -0.504 e. The fourth-order valence-corrected chi connectivity index (χ4v) is 1.07. The van der Waals surface area contributed by atoms with E-state index < -0.39 is 0 Å². The lowest BCUT2D eigenvalue weighted by atomic mass is 10.3. The van der Waals surface area contributed by atoms with Crippen LogP contribution < -0.4 is 11.1 Å². The normalized spacial score (nSPS) is 25.8. The number of rotatable bonds is 0. The van der Waals surface area contributed by atoms with Crippen LogP contribution in [0.3, 0.4) is 0 Å². The Kier molecular flexibility index (Phi) is 2.11. The van der Waals surface area contributed by atoms with E-state index in [1.54, 1.807) is 0 Å². The van der Waals surface area contributed by atoms with Gasteiger partial charge in [0.1, 0.15) is 11.3 Å². The molecule has 0 fully saturated rings. The first kappa shape index (κ1) is 7.75. The minimum atomic E-state index is -0.379. The molecule has 0 aromatic carbocycles. The van der Waals surface area contributed by atoms with Crippen LogP contribution in [0.4, 0.5) is 0 Å². The van der Waals surface area contributed by atoms with E-state index in [-0.39, 0.29) is 17.1 Å². The molecular weight excluding hydrogens is 219 g/mol. The van der Waals surface area contributed by atoms with E-state index >= 15 is 0 Å². The molecule has 0 saturated heterocycles. The number of alkyl halides is 1. The molecule has 1 heterocycles. The molecular formula is C5H6BrClN2O. The molecule has 0 spiro atoms. The van der Waals surface area contributed by atoms with E-state index in [0.29, 0.717) is 4.48 Å². The zero-order valence-corrected chi connectivity index (χ0v) is 7.28. The summed E-state index contributed by atoms with van der Waals surface area (Å²) in [4.78, 5) is 0. The van der Waals surface area contributed by atoms with Gasteiger partial charge in [-0.3, -0.25) is 0 Å². The lowest BCUT2D eigenvalue weighted by molar-refractivity contribution is 0.413. The van der Waals surface area contributed by atoms with Crippen molar-refractivity contribution in [3.63, 3.8) is 0 Å². The van der Waals surface area contributed by atoms with E-state index in [2.05, 4.69) is 21.2 Å². The van der Waals surface area contributed by atoms with Gasteiger partial charge in [-0.15, -0.1) is 0 Å². The highest BCUT2D eigenvalue weighted by Gasteiger charge is 2.15. The maximum absolute atomic E-state index is 8.99. The van der Waals surface area contributed by atoms with Crippen molar-refractivity contribution in [2.45, 2.75) is 5.50 Å². The number of aliphatic hydroxyl groups is 1. The Bertz CT molecular complexity index is 214. The Morgan fingerprint density at radius 2 is 2.40 bits per heavy atom. The SMILES string of the molecule is NC1=C(O)C=C(Br)C(Cl)N1. The summed E-state index contributed by atoms with van der Waals surface area (Å²) in [5.41, 5.74) is 4.92. The second kappa shape index (κ2) is 2.72. The molecule has 5 heteroatoms. The fraction of sp³-hybridized carbons (Fsp3) is 0.200. The molecule has 1 aliphatic heterocycles. The van der Waals surface area contributed by atoms with Gasteiger partial charge in [0.05, 0.1) is 0 Å². The van der Waals surface area contributed by atoms with Gasteiger partial charge in [0.2, 0.25) is 0 Å². The van der Waals surface area contributed by atoms with Crippen molar-refractivity contribution in [3.05, 3.63) is 22.1 Å². The molecule has 10 heavy (non-hydrogen) atoms. The maximum atomic E-state index is 8.99. The number of nitrogens with two attached hydrogens (primary N) is 1. The molecule has 1 aliphatic rings. The first-order chi connectivity index (χ1) is 4.61. The number of hydrogen-bond acceptors (Lipinski definition) is 3. The second-order valence-electron chi connectivity index (χ2n) is 1.84. The highest BCUT2D eigenvalue weighted by Crippen LogP contribution is 2.20. The molecule has 0 radical (unpaired) electrons. The summed E-state index contributed by atoms with van der Waals surface area (Å²) in [6, 6.07) is 0. The van der Waals surface area contributed by atoms with Gasteiger partial charge >= 0.3 is 0 Å². The topological polar surface area (TPSA) is 58.3 Å². The van der Waals surface area contributed by atoms with Crippen molar-refractivity contribution in [1.29, 1.82) is 0 Å². The number of halogens is 2. The Morgan fingerprint density at radius 3 is 2.90 bits per heavy atom. The summed E-state index contributed by atoms with van der Waals surface area (Å²) in [6.45, 7) is 0. The van der Waals surface area contributed by atoms with Gasteiger partial charge in [0.15, 0.2) is 5.76 Å². The van der Waals surface area contributed by atoms with Gasteiger partial charge in [-0.05, 0) is 6.08 Å². The van der Waals surface area contributed by atoms with Gasteiger partial charge in [-0.1, -0.05) is 27.5 Å². The largest absolute Gasteiger partial charge is 0.504 e. The smallest absolute Gasteiger partial charge is 0.156 e. The molecule has 3 nitrogen and oxygen atoms in total. The van der Waals surface area contributed by atoms with Crippen molar-refractivity contribution in [3.8, 4) is 0 Å². The lowest BCUT2D eigenvalue weighted by Gasteiger charge is -2.17. The van der Waals surface area contributed by atoms with Gasteiger partial charge in [-0.25, -0.2) is 0 Å². The minimum absolute atomic E-state index is 0.00350. The van der Waals surface area contributed by atoms with Gasteiger partial charge in [-0.2, -0.15) is 0 Å². The van der Waals surface area contributed by atoms with E-state index in [9.17, 15) is 0 Å². The van der Waals surface area contributed by atoms with E-state index in [0.717, 1.165) is 0 Å². The Balaban J connectivity index is 2.88. The summed E-state index contributed by atoms with van der Waals surface area (Å²) in [7, 11) is 0. The summed E-state index contributed by atoms with van der Waals surface area (Å²) >= 11 is 8.81.